The fraction of sp³-hybridized carbons (Fsp3) is 0.929. The Balaban J connectivity index is 2.11. The van der Waals surface area contributed by atoms with E-state index in [-0.39, 0.29) is 24.3 Å². The number of carbonyl (C=O) groups is 1. The fourth-order valence-electron chi connectivity index (χ4n) is 3.11. The molecule has 2 aliphatic heterocycles. The molecule has 1 N–H and O–H groups in total. The molecule has 2 heterocycles. The van der Waals surface area contributed by atoms with Gasteiger partial charge < -0.3 is 14.7 Å². The number of aliphatic hydroxyl groups excluding tert-OH is 1. The lowest BCUT2D eigenvalue weighted by Crippen LogP contribution is -2.51. The van der Waals surface area contributed by atoms with Gasteiger partial charge in [-0.05, 0) is 59.3 Å². The monoisotopic (exact) mass is 255 g/mol. The van der Waals surface area contributed by atoms with E-state index in [1.165, 1.54) is 0 Å². The summed E-state index contributed by atoms with van der Waals surface area (Å²) in [5, 5.41) is 9.89. The van der Waals surface area contributed by atoms with Crippen molar-refractivity contribution in [3.05, 3.63) is 0 Å². The van der Waals surface area contributed by atoms with E-state index in [4.69, 9.17) is 4.74 Å². The van der Waals surface area contributed by atoms with E-state index < -0.39 is 5.60 Å². The van der Waals surface area contributed by atoms with Crippen LogP contribution in [-0.2, 0) is 4.74 Å². The summed E-state index contributed by atoms with van der Waals surface area (Å²) in [5.74, 6) is 0. The third kappa shape index (κ3) is 3.16. The smallest absolute Gasteiger partial charge is 0.410 e. The molecule has 3 unspecified atom stereocenters. The molecule has 1 amide bonds. The van der Waals surface area contributed by atoms with Crippen molar-refractivity contribution in [2.24, 2.45) is 0 Å². The van der Waals surface area contributed by atoms with Gasteiger partial charge >= 0.3 is 6.09 Å². The predicted molar refractivity (Wildman–Crippen MR) is 69.4 cm³/mol. The molecular formula is C14H25NO3. The van der Waals surface area contributed by atoms with Crippen LogP contribution in [0.5, 0.6) is 0 Å². The highest BCUT2D eigenvalue weighted by molar-refractivity contribution is 5.69. The molecule has 0 aromatic carbocycles. The lowest BCUT2D eigenvalue weighted by atomic mass is 9.95. The first-order chi connectivity index (χ1) is 8.37. The summed E-state index contributed by atoms with van der Waals surface area (Å²) in [4.78, 5) is 14.2. The molecule has 2 fully saturated rings. The molecule has 4 nitrogen and oxygen atoms in total. The lowest BCUT2D eigenvalue weighted by Gasteiger charge is -2.41. The number of carbonyl (C=O) groups excluding carboxylic acids is 1. The Bertz CT molecular complexity index is 311. The van der Waals surface area contributed by atoms with Crippen molar-refractivity contribution in [2.75, 3.05) is 0 Å². The summed E-state index contributed by atoms with van der Waals surface area (Å²) < 4.78 is 5.51. The summed E-state index contributed by atoms with van der Waals surface area (Å²) in [6.07, 6.45) is 5.14. The van der Waals surface area contributed by atoms with Crippen LogP contribution >= 0.6 is 0 Å². The fourth-order valence-corrected chi connectivity index (χ4v) is 3.11. The van der Waals surface area contributed by atoms with Gasteiger partial charge in [0.15, 0.2) is 0 Å². The number of piperidine rings is 1. The number of nitrogens with zero attached hydrogens (tertiary/aromatic N) is 1. The van der Waals surface area contributed by atoms with Crippen LogP contribution in [0.3, 0.4) is 0 Å². The minimum Gasteiger partial charge on any atom is -0.444 e. The Morgan fingerprint density at radius 2 is 1.83 bits per heavy atom. The molecule has 4 heteroatoms. The molecule has 2 bridgehead atoms. The highest BCUT2D eigenvalue weighted by Gasteiger charge is 2.39. The average Bonchev–Trinajstić information content (AvgIpc) is 2.31. The zero-order chi connectivity index (χ0) is 13.3. The molecule has 0 saturated carbocycles. The second-order valence-electron chi connectivity index (χ2n) is 6.59. The maximum Gasteiger partial charge on any atom is 0.410 e. The molecule has 0 aliphatic carbocycles. The van der Waals surface area contributed by atoms with Crippen molar-refractivity contribution in [2.45, 2.75) is 83.1 Å². The third-order valence-corrected chi connectivity index (χ3v) is 3.84. The molecule has 0 spiro atoms. The van der Waals surface area contributed by atoms with Gasteiger partial charge in [0.1, 0.15) is 5.60 Å². The molecule has 0 aromatic heterocycles. The molecular weight excluding hydrogens is 230 g/mol. The zero-order valence-corrected chi connectivity index (χ0v) is 11.7. The van der Waals surface area contributed by atoms with Crippen molar-refractivity contribution in [3.63, 3.8) is 0 Å². The molecule has 0 radical (unpaired) electrons. The Morgan fingerprint density at radius 3 is 2.50 bits per heavy atom. The summed E-state index contributed by atoms with van der Waals surface area (Å²) in [6, 6.07) is 0.423. The first-order valence-corrected chi connectivity index (χ1v) is 7.06. The van der Waals surface area contributed by atoms with Crippen molar-refractivity contribution in [1.82, 2.24) is 4.90 Å². The maximum absolute atomic E-state index is 12.3. The molecule has 18 heavy (non-hydrogen) atoms. The van der Waals surface area contributed by atoms with Crippen LogP contribution in [-0.4, -0.2) is 39.9 Å². The third-order valence-electron chi connectivity index (χ3n) is 3.84. The summed E-state index contributed by atoms with van der Waals surface area (Å²) >= 11 is 0. The number of fused-ring (bicyclic) bond motifs is 2. The van der Waals surface area contributed by atoms with Gasteiger partial charge in [-0.2, -0.15) is 0 Å². The zero-order valence-electron chi connectivity index (χ0n) is 11.7. The molecule has 2 aliphatic rings. The van der Waals surface area contributed by atoms with Crippen LogP contribution in [0.15, 0.2) is 0 Å². The van der Waals surface area contributed by atoms with E-state index in [1.807, 2.05) is 25.7 Å². The summed E-state index contributed by atoms with van der Waals surface area (Å²) in [6.45, 7) is 5.69. The Morgan fingerprint density at radius 1 is 1.17 bits per heavy atom. The van der Waals surface area contributed by atoms with Crippen molar-refractivity contribution >= 4 is 6.09 Å². The normalized spacial score (nSPS) is 32.9. The van der Waals surface area contributed by atoms with Crippen molar-refractivity contribution < 1.29 is 14.6 Å². The number of hydrogen-bond acceptors (Lipinski definition) is 3. The largest absolute Gasteiger partial charge is 0.444 e. The van der Waals surface area contributed by atoms with E-state index in [0.717, 1.165) is 32.1 Å². The second-order valence-corrected chi connectivity index (χ2v) is 6.59. The van der Waals surface area contributed by atoms with E-state index in [9.17, 15) is 9.90 Å². The molecule has 3 atom stereocenters. The van der Waals surface area contributed by atoms with Gasteiger partial charge in [0, 0.05) is 12.1 Å². The maximum atomic E-state index is 12.3. The Hall–Kier alpha value is -0.770. The molecule has 104 valence electrons. The average molecular weight is 255 g/mol. The number of amides is 1. The van der Waals surface area contributed by atoms with Crippen LogP contribution in [0, 0.1) is 0 Å². The first kappa shape index (κ1) is 13.7. The van der Waals surface area contributed by atoms with Crippen molar-refractivity contribution in [3.8, 4) is 0 Å². The number of rotatable bonds is 0. The standard InChI is InChI=1S/C14H25NO3/c1-14(2,3)18-13(17)15-10-5-4-6-11(15)9-12(16)8-7-10/h10-12,16H,4-9H2,1-3H3. The number of aliphatic hydroxyl groups is 1. The Kier molecular flexibility index (Phi) is 3.85. The van der Waals surface area contributed by atoms with Crippen LogP contribution in [0.1, 0.15) is 59.3 Å². The van der Waals surface area contributed by atoms with E-state index in [1.54, 1.807) is 0 Å². The minimum absolute atomic E-state index is 0.163. The highest BCUT2D eigenvalue weighted by atomic mass is 16.6. The van der Waals surface area contributed by atoms with Crippen LogP contribution < -0.4 is 0 Å². The lowest BCUT2D eigenvalue weighted by molar-refractivity contribution is -0.00620. The van der Waals surface area contributed by atoms with Crippen LogP contribution in [0.25, 0.3) is 0 Å². The molecule has 2 saturated heterocycles. The van der Waals surface area contributed by atoms with Gasteiger partial charge in [0.2, 0.25) is 0 Å². The predicted octanol–water partition coefficient (Wildman–Crippen LogP) is 2.69. The van der Waals surface area contributed by atoms with Crippen molar-refractivity contribution in [1.29, 1.82) is 0 Å². The van der Waals surface area contributed by atoms with Gasteiger partial charge in [0.05, 0.1) is 6.10 Å². The first-order valence-electron chi connectivity index (χ1n) is 7.06. The van der Waals surface area contributed by atoms with Gasteiger partial charge in [-0.25, -0.2) is 4.79 Å². The molecule has 2 rings (SSSR count). The molecule has 0 aromatic rings. The second kappa shape index (κ2) is 5.08. The van der Waals surface area contributed by atoms with Gasteiger partial charge in [0.25, 0.3) is 0 Å². The van der Waals surface area contributed by atoms with Crippen LogP contribution in [0.2, 0.25) is 0 Å². The van der Waals surface area contributed by atoms with E-state index >= 15 is 0 Å². The number of ether oxygens (including phenoxy) is 1. The van der Waals surface area contributed by atoms with Gasteiger partial charge in [-0.1, -0.05) is 0 Å². The minimum atomic E-state index is -0.448. The quantitative estimate of drug-likeness (QED) is 0.724. The summed E-state index contributed by atoms with van der Waals surface area (Å²) in [7, 11) is 0. The highest BCUT2D eigenvalue weighted by Crippen LogP contribution is 2.33. The SMILES string of the molecule is CC(C)(C)OC(=O)N1C2CCCC1CC(O)CC2. The van der Waals surface area contributed by atoms with E-state index in [0.29, 0.717) is 6.42 Å². The van der Waals surface area contributed by atoms with Gasteiger partial charge in [-0.3, -0.25) is 0 Å². The summed E-state index contributed by atoms with van der Waals surface area (Å²) in [5.41, 5.74) is -0.448. The van der Waals surface area contributed by atoms with E-state index in [2.05, 4.69) is 0 Å². The topological polar surface area (TPSA) is 49.8 Å². The van der Waals surface area contributed by atoms with Crippen LogP contribution in [0.4, 0.5) is 4.79 Å². The number of hydrogen-bond donors (Lipinski definition) is 1. The Labute approximate surface area is 109 Å². The van der Waals surface area contributed by atoms with Gasteiger partial charge in [-0.15, -0.1) is 0 Å².